The third kappa shape index (κ3) is 3.85. The van der Waals surface area contributed by atoms with Crippen molar-refractivity contribution in [1.29, 1.82) is 0 Å². The van der Waals surface area contributed by atoms with Crippen molar-refractivity contribution in [3.63, 3.8) is 0 Å². The van der Waals surface area contributed by atoms with Crippen molar-refractivity contribution in [2.45, 2.75) is 13.3 Å². The fourth-order valence-electron chi connectivity index (χ4n) is 4.68. The molecular formula is C26H27N7. The number of aromatic nitrogens is 4. The molecule has 0 radical (unpaired) electrons. The molecule has 33 heavy (non-hydrogen) atoms. The number of allylic oxidation sites excluding steroid dienone is 1. The Bertz CT molecular complexity index is 1310. The number of likely N-dealkylation sites (N-methyl/N-ethyl adjacent to an activating group) is 1. The topological polar surface area (TPSA) is 61.6 Å². The molecular weight excluding hydrogens is 410 g/mol. The highest BCUT2D eigenvalue weighted by Crippen LogP contribution is 2.30. The number of hydrogen-bond donors (Lipinski definition) is 1. The van der Waals surface area contributed by atoms with Crippen LogP contribution in [0.4, 0.5) is 17.2 Å². The maximum atomic E-state index is 4.71. The first-order chi connectivity index (χ1) is 16.3. The van der Waals surface area contributed by atoms with Crippen LogP contribution in [0.2, 0.25) is 0 Å². The summed E-state index contributed by atoms with van der Waals surface area (Å²) in [7, 11) is 0. The molecule has 166 valence electrons. The van der Waals surface area contributed by atoms with Crippen LogP contribution in [-0.4, -0.2) is 57.0 Å². The van der Waals surface area contributed by atoms with Gasteiger partial charge in [0.05, 0.1) is 23.3 Å². The van der Waals surface area contributed by atoms with E-state index in [1.165, 1.54) is 11.3 Å². The summed E-state index contributed by atoms with van der Waals surface area (Å²) in [4.78, 5) is 18.8. The van der Waals surface area contributed by atoms with Crippen molar-refractivity contribution in [2.24, 2.45) is 0 Å². The van der Waals surface area contributed by atoms with E-state index in [4.69, 9.17) is 4.98 Å². The first-order valence-corrected chi connectivity index (χ1v) is 11.6. The van der Waals surface area contributed by atoms with Crippen LogP contribution < -0.4 is 10.2 Å². The molecule has 5 heterocycles. The summed E-state index contributed by atoms with van der Waals surface area (Å²) in [6.45, 7) is 7.65. The van der Waals surface area contributed by atoms with Gasteiger partial charge in [-0.05, 0) is 48.9 Å². The molecule has 1 aliphatic heterocycles. The molecule has 6 rings (SSSR count). The Morgan fingerprint density at radius 2 is 1.88 bits per heavy atom. The zero-order chi connectivity index (χ0) is 22.2. The minimum absolute atomic E-state index is 0.810. The van der Waals surface area contributed by atoms with Gasteiger partial charge in [0.15, 0.2) is 5.65 Å². The average Bonchev–Trinajstić information content (AvgIpc) is 3.53. The first-order valence-electron chi connectivity index (χ1n) is 11.6. The van der Waals surface area contributed by atoms with Crippen LogP contribution in [0.3, 0.4) is 0 Å². The van der Waals surface area contributed by atoms with Gasteiger partial charge in [-0.2, -0.15) is 0 Å². The number of rotatable bonds is 5. The fourth-order valence-corrected chi connectivity index (χ4v) is 4.68. The van der Waals surface area contributed by atoms with Gasteiger partial charge in [-0.25, -0.2) is 9.97 Å². The van der Waals surface area contributed by atoms with Crippen molar-refractivity contribution >= 4 is 28.9 Å². The Balaban J connectivity index is 1.26. The molecule has 1 aliphatic carbocycles. The standard InChI is InChI=1S/C26H27N7/c1-2-31-10-12-32(13-11-31)22-6-7-25(29-17-22)30-24-15-21(18-33-9-8-27-26(24)33)20-14-19-4-3-5-23(19)28-16-20/h3,5-9,14-18H,2,4,10-13H2,1H3,(H,29,30). The second kappa shape index (κ2) is 8.33. The lowest BCUT2D eigenvalue weighted by atomic mass is 10.1. The predicted molar refractivity (Wildman–Crippen MR) is 133 cm³/mol. The van der Waals surface area contributed by atoms with Crippen molar-refractivity contribution in [2.75, 3.05) is 42.9 Å². The summed E-state index contributed by atoms with van der Waals surface area (Å²) < 4.78 is 2.05. The van der Waals surface area contributed by atoms with Crippen LogP contribution in [0, 0.1) is 0 Å². The minimum Gasteiger partial charge on any atom is -0.368 e. The van der Waals surface area contributed by atoms with E-state index in [9.17, 15) is 0 Å². The summed E-state index contributed by atoms with van der Waals surface area (Å²) >= 11 is 0. The highest BCUT2D eigenvalue weighted by molar-refractivity contribution is 5.79. The molecule has 0 amide bonds. The molecule has 7 nitrogen and oxygen atoms in total. The summed E-state index contributed by atoms with van der Waals surface area (Å²) in [5.74, 6) is 0.810. The molecule has 1 N–H and O–H groups in total. The smallest absolute Gasteiger partial charge is 0.160 e. The lowest BCUT2D eigenvalue weighted by molar-refractivity contribution is 0.271. The van der Waals surface area contributed by atoms with Crippen molar-refractivity contribution in [3.8, 4) is 11.1 Å². The van der Waals surface area contributed by atoms with Crippen molar-refractivity contribution in [3.05, 3.63) is 72.6 Å². The Morgan fingerprint density at radius 3 is 2.70 bits per heavy atom. The maximum absolute atomic E-state index is 4.71. The SMILES string of the molecule is CCN1CCN(c2ccc(Nc3cc(-c4cnc5c(c4)CC=C5)cn4ccnc34)nc2)CC1. The number of hydrogen-bond acceptors (Lipinski definition) is 6. The van der Waals surface area contributed by atoms with E-state index in [2.05, 4.69) is 74.6 Å². The van der Waals surface area contributed by atoms with Crippen LogP contribution in [0.1, 0.15) is 18.2 Å². The lowest BCUT2D eigenvalue weighted by Crippen LogP contribution is -2.46. The van der Waals surface area contributed by atoms with E-state index in [0.29, 0.717) is 0 Å². The Labute approximate surface area is 193 Å². The number of imidazole rings is 1. The van der Waals surface area contributed by atoms with Gasteiger partial charge in [-0.15, -0.1) is 0 Å². The monoisotopic (exact) mass is 437 g/mol. The third-order valence-corrected chi connectivity index (χ3v) is 6.63. The zero-order valence-corrected chi connectivity index (χ0v) is 18.8. The Hall–Kier alpha value is -3.71. The number of pyridine rings is 3. The van der Waals surface area contributed by atoms with Crippen molar-refractivity contribution in [1.82, 2.24) is 24.3 Å². The number of fused-ring (bicyclic) bond motifs is 2. The second-order valence-electron chi connectivity index (χ2n) is 8.62. The zero-order valence-electron chi connectivity index (χ0n) is 18.8. The highest BCUT2D eigenvalue weighted by atomic mass is 15.3. The van der Waals surface area contributed by atoms with E-state index in [1.54, 1.807) is 0 Å². The number of nitrogens with zero attached hydrogens (tertiary/aromatic N) is 6. The van der Waals surface area contributed by atoms with Gasteiger partial charge in [0.2, 0.25) is 0 Å². The van der Waals surface area contributed by atoms with E-state index in [-0.39, 0.29) is 0 Å². The largest absolute Gasteiger partial charge is 0.368 e. The van der Waals surface area contributed by atoms with Gasteiger partial charge in [0, 0.05) is 62.1 Å². The van der Waals surface area contributed by atoms with Crippen LogP contribution in [0.25, 0.3) is 22.9 Å². The van der Waals surface area contributed by atoms with Crippen LogP contribution >= 0.6 is 0 Å². The van der Waals surface area contributed by atoms with Crippen LogP contribution in [0.5, 0.6) is 0 Å². The van der Waals surface area contributed by atoms with Gasteiger partial charge in [-0.3, -0.25) is 4.98 Å². The van der Waals surface area contributed by atoms with E-state index >= 15 is 0 Å². The lowest BCUT2D eigenvalue weighted by Gasteiger charge is -2.35. The van der Waals surface area contributed by atoms with E-state index < -0.39 is 0 Å². The molecule has 1 fully saturated rings. The summed E-state index contributed by atoms with van der Waals surface area (Å²) in [5.41, 5.74) is 7.50. The molecule has 7 heteroatoms. The van der Waals surface area contributed by atoms with Crippen LogP contribution in [0.15, 0.2) is 61.3 Å². The second-order valence-corrected chi connectivity index (χ2v) is 8.62. The van der Waals surface area contributed by atoms with Gasteiger partial charge in [0.25, 0.3) is 0 Å². The molecule has 4 aromatic rings. The molecule has 0 spiro atoms. The third-order valence-electron chi connectivity index (χ3n) is 6.63. The predicted octanol–water partition coefficient (Wildman–Crippen LogP) is 4.25. The molecule has 1 saturated heterocycles. The molecule has 2 aliphatic rings. The highest BCUT2D eigenvalue weighted by Gasteiger charge is 2.16. The normalized spacial score (nSPS) is 15.8. The average molecular weight is 438 g/mol. The first kappa shape index (κ1) is 19.9. The minimum atomic E-state index is 0.810. The van der Waals surface area contributed by atoms with Gasteiger partial charge in [0.1, 0.15) is 5.82 Å². The molecule has 0 atom stereocenters. The summed E-state index contributed by atoms with van der Waals surface area (Å²) in [6, 6.07) is 8.57. The quantitative estimate of drug-likeness (QED) is 0.504. The van der Waals surface area contributed by atoms with E-state index in [0.717, 1.165) is 73.1 Å². The summed E-state index contributed by atoms with van der Waals surface area (Å²) in [5, 5.41) is 3.49. The number of anilines is 3. The molecule has 4 aromatic heterocycles. The Kier molecular flexibility index (Phi) is 5.03. The number of nitrogens with one attached hydrogen (secondary N) is 1. The van der Waals surface area contributed by atoms with E-state index in [1.807, 2.05) is 29.2 Å². The Morgan fingerprint density at radius 1 is 0.970 bits per heavy atom. The van der Waals surface area contributed by atoms with Crippen molar-refractivity contribution < 1.29 is 0 Å². The van der Waals surface area contributed by atoms with Gasteiger partial charge in [-0.1, -0.05) is 13.0 Å². The maximum Gasteiger partial charge on any atom is 0.160 e. The molecule has 0 saturated carbocycles. The molecule has 0 unspecified atom stereocenters. The summed E-state index contributed by atoms with van der Waals surface area (Å²) in [6.07, 6.45) is 15.0. The molecule has 0 aromatic carbocycles. The fraction of sp³-hybridized carbons (Fsp3) is 0.269. The number of piperazine rings is 1. The van der Waals surface area contributed by atoms with Crippen LogP contribution in [-0.2, 0) is 6.42 Å². The molecule has 0 bridgehead atoms. The van der Waals surface area contributed by atoms with Gasteiger partial charge < -0.3 is 19.5 Å². The van der Waals surface area contributed by atoms with Gasteiger partial charge >= 0.3 is 0 Å².